The molecule has 0 bridgehead atoms. The summed E-state index contributed by atoms with van der Waals surface area (Å²) in [4.78, 5) is 53.3. The zero-order chi connectivity index (χ0) is 60.2. The number of hydrogen-bond acceptors (Lipinski definition) is 13. The van der Waals surface area contributed by atoms with Crippen molar-refractivity contribution in [2.75, 3.05) is 26.4 Å². The van der Waals surface area contributed by atoms with Crippen LogP contribution in [0.1, 0.15) is 163 Å². The second-order valence-corrected chi connectivity index (χ2v) is 24.9. The van der Waals surface area contributed by atoms with Crippen LogP contribution in [-0.4, -0.2) is 50.3 Å². The lowest BCUT2D eigenvalue weighted by atomic mass is 9.79. The van der Waals surface area contributed by atoms with Crippen molar-refractivity contribution < 1.29 is 52.0 Å². The number of thiophene rings is 2. The maximum absolute atomic E-state index is 14.6. The summed E-state index contributed by atoms with van der Waals surface area (Å²) in [5.74, 6) is 0.794. The van der Waals surface area contributed by atoms with Crippen LogP contribution in [0.3, 0.4) is 0 Å². The Kier molecular flexibility index (Phi) is 23.2. The number of carbonyl (C=O) groups is 4. The Morgan fingerprint density at radius 3 is 1.38 bits per heavy atom. The fraction of sp³-hybridized carbons (Fsp3) is 0.403. The molecule has 0 amide bonds. The van der Waals surface area contributed by atoms with E-state index in [2.05, 4.69) is 43.5 Å². The lowest BCUT2D eigenvalue weighted by molar-refractivity contribution is -0.140. The van der Waals surface area contributed by atoms with Crippen LogP contribution in [0, 0.1) is 35.9 Å². The topological polar surface area (TPSA) is 147 Å². The fourth-order valence-corrected chi connectivity index (χ4v) is 14.2. The second-order valence-electron chi connectivity index (χ2n) is 22.8. The van der Waals surface area contributed by atoms with Gasteiger partial charge in [-0.25, -0.2) is 14.0 Å². The predicted octanol–water partition coefficient (Wildman–Crippen LogP) is 18.4. The van der Waals surface area contributed by atoms with Crippen LogP contribution >= 0.6 is 22.7 Å². The number of ether oxygens (including phenoxy) is 6. The van der Waals surface area contributed by atoms with E-state index in [0.29, 0.717) is 101 Å². The highest BCUT2D eigenvalue weighted by atomic mass is 32.1. The Labute approximate surface area is 513 Å². The van der Waals surface area contributed by atoms with Gasteiger partial charge in [-0.15, -0.1) is 22.7 Å². The first kappa shape index (κ1) is 62.9. The minimum Gasteiger partial charge on any atom is -0.494 e. The summed E-state index contributed by atoms with van der Waals surface area (Å²) >= 11 is 2.90. The van der Waals surface area contributed by atoms with Crippen LogP contribution in [0.15, 0.2) is 128 Å². The Balaban J connectivity index is 0.853. The van der Waals surface area contributed by atoms with Gasteiger partial charge in [0.1, 0.15) is 17.3 Å². The van der Waals surface area contributed by atoms with E-state index in [4.69, 9.17) is 28.4 Å². The molecule has 14 heteroatoms. The Morgan fingerprint density at radius 1 is 0.535 bits per heavy atom. The van der Waals surface area contributed by atoms with E-state index in [1.165, 1.54) is 58.1 Å². The number of carbonyl (C=O) groups excluding carboxylic acids is 4. The van der Waals surface area contributed by atoms with Crippen molar-refractivity contribution >= 4 is 66.7 Å². The molecule has 2 heterocycles. The molecule has 0 unspecified atom stereocenters. The highest BCUT2D eigenvalue weighted by Crippen LogP contribution is 2.54. The number of rotatable bonds is 30. The molecule has 2 aromatic heterocycles. The van der Waals surface area contributed by atoms with Crippen molar-refractivity contribution in [3.63, 3.8) is 0 Å². The Morgan fingerprint density at radius 2 is 0.953 bits per heavy atom. The van der Waals surface area contributed by atoms with Crippen molar-refractivity contribution in [3.8, 4) is 49.9 Å². The highest BCUT2D eigenvalue weighted by molar-refractivity contribution is 7.24. The van der Waals surface area contributed by atoms with E-state index in [-0.39, 0.29) is 41.5 Å². The fourth-order valence-electron chi connectivity index (χ4n) is 11.8. The average Bonchev–Trinajstić information content (AvgIpc) is 3.82. The van der Waals surface area contributed by atoms with Crippen LogP contribution in [0.5, 0.6) is 23.0 Å². The molecule has 11 nitrogen and oxygen atoms in total. The molecule has 86 heavy (non-hydrogen) atoms. The first-order valence-corrected chi connectivity index (χ1v) is 32.4. The molecular formula is C72H78FNO10S2. The molecule has 5 aromatic carbocycles. The first-order chi connectivity index (χ1) is 42.0. The highest BCUT2D eigenvalue weighted by Gasteiger charge is 2.34. The number of nitrogens with zero attached hydrogens (tertiary/aromatic N) is 1. The van der Waals surface area contributed by atoms with Crippen molar-refractivity contribution in [1.29, 1.82) is 5.26 Å². The number of esters is 4. The third-order valence-corrected chi connectivity index (χ3v) is 19.1. The molecule has 2 aliphatic carbocycles. The van der Waals surface area contributed by atoms with Crippen molar-refractivity contribution in [1.82, 2.24) is 0 Å². The first-order valence-electron chi connectivity index (χ1n) is 30.8. The number of unbranched alkanes of at least 4 members (excludes halogenated alkanes) is 10. The number of benzene rings is 5. The molecule has 9 rings (SSSR count). The van der Waals surface area contributed by atoms with Crippen LogP contribution in [0.25, 0.3) is 41.1 Å². The van der Waals surface area contributed by atoms with E-state index < -0.39 is 0 Å². The zero-order valence-electron chi connectivity index (χ0n) is 49.4. The number of halogens is 1. The molecule has 2 saturated carbocycles. The molecule has 7 aromatic rings. The van der Waals surface area contributed by atoms with E-state index in [1.807, 2.05) is 55.5 Å². The van der Waals surface area contributed by atoms with Crippen molar-refractivity contribution in [2.24, 2.45) is 11.8 Å². The standard InChI is InChI=1S/C72H78FNO10S2/c1-4-65(75)81-42-16-12-8-6-10-14-40-79-58-35-30-52(31-36-58)50-22-26-55(27-23-50)71(77)83-67-61-45-63(54-20-18-49(47-74)19-21-54)85-69(61)68(62-46-64(86-70(62)67)60-39-34-57(73)44-48(60)3)84-72(78)56-28-24-51(25-29-56)53-32-37-59(38-33-53)80-41-15-11-7-9-13-17-43-82-66(76)5-2/h4-5,18-21,30-39,44-46,50-51,55-56H,1-2,6-17,22-29,40-43H2,3H3. The van der Waals surface area contributed by atoms with Crippen LogP contribution in [0.2, 0.25) is 0 Å². The van der Waals surface area contributed by atoms with Crippen LogP contribution in [-0.2, 0) is 28.7 Å². The van der Waals surface area contributed by atoms with Crippen LogP contribution < -0.4 is 18.9 Å². The van der Waals surface area contributed by atoms with Gasteiger partial charge in [-0.05, 0) is 184 Å². The average molecular weight is 1200 g/mol. The maximum Gasteiger partial charge on any atom is 0.330 e. The number of aryl methyl sites for hydroxylation is 1. The van der Waals surface area contributed by atoms with Gasteiger partial charge in [-0.2, -0.15) is 5.26 Å². The molecular weight excluding hydrogens is 1120 g/mol. The lowest BCUT2D eigenvalue weighted by Gasteiger charge is -2.28. The van der Waals surface area contributed by atoms with Gasteiger partial charge >= 0.3 is 23.9 Å². The molecule has 0 N–H and O–H groups in total. The number of nitriles is 1. The Bertz CT molecular complexity index is 3300. The summed E-state index contributed by atoms with van der Waals surface area (Å²) in [6, 6.07) is 35.0. The third kappa shape index (κ3) is 17.1. The largest absolute Gasteiger partial charge is 0.494 e. The summed E-state index contributed by atoms with van der Waals surface area (Å²) in [5, 5.41) is 10.9. The number of fused-ring (bicyclic) bond motifs is 2. The van der Waals surface area contributed by atoms with E-state index in [9.17, 15) is 28.8 Å². The van der Waals surface area contributed by atoms with E-state index >= 15 is 0 Å². The van der Waals surface area contributed by atoms with Crippen molar-refractivity contribution in [2.45, 2.75) is 147 Å². The molecule has 2 fully saturated rings. The van der Waals surface area contributed by atoms with Gasteiger partial charge < -0.3 is 28.4 Å². The van der Waals surface area contributed by atoms with Gasteiger partial charge in [0.25, 0.3) is 0 Å². The minimum atomic E-state index is -0.372. The molecule has 0 radical (unpaired) electrons. The van der Waals surface area contributed by atoms with Gasteiger partial charge in [0, 0.05) is 32.7 Å². The van der Waals surface area contributed by atoms with Gasteiger partial charge in [-0.1, -0.05) is 107 Å². The summed E-state index contributed by atoms with van der Waals surface area (Å²) in [6.45, 7) is 10.9. The molecule has 450 valence electrons. The molecule has 2 aliphatic rings. The summed E-state index contributed by atoms with van der Waals surface area (Å²) < 4.78 is 51.6. The summed E-state index contributed by atoms with van der Waals surface area (Å²) in [5.41, 5.74) is 5.44. The van der Waals surface area contributed by atoms with E-state index in [0.717, 1.165) is 141 Å². The molecule has 0 aliphatic heterocycles. The normalized spacial score (nSPS) is 16.7. The third-order valence-electron chi connectivity index (χ3n) is 16.8. The number of hydrogen-bond donors (Lipinski definition) is 0. The van der Waals surface area contributed by atoms with Crippen molar-refractivity contribution in [3.05, 3.63) is 157 Å². The monoisotopic (exact) mass is 1200 g/mol. The second kappa shape index (κ2) is 31.7. The molecule has 0 spiro atoms. The molecule has 0 saturated heterocycles. The molecule has 0 atom stereocenters. The SMILES string of the molecule is C=CC(=O)OCCCCCCCCOc1ccc(C2CCC(C(=O)Oc3c4cc(-c5ccc(F)cc5C)sc4c(OC(=O)C4CCC(c5ccc(OCCCCCCCCOC(=O)C=C)cc5)CC4)c4cc(-c5ccc(C#N)cc5)sc34)CC2)cc1. The zero-order valence-corrected chi connectivity index (χ0v) is 51.0. The van der Waals surface area contributed by atoms with E-state index in [1.54, 1.807) is 18.2 Å². The van der Waals surface area contributed by atoms with Gasteiger partial charge in [-0.3, -0.25) is 9.59 Å². The lowest BCUT2D eigenvalue weighted by Crippen LogP contribution is -2.25. The quantitative estimate of drug-likeness (QED) is 0.0183. The minimum absolute atomic E-state index is 0.298. The Hall–Kier alpha value is -7.60. The van der Waals surface area contributed by atoms with Gasteiger partial charge in [0.2, 0.25) is 0 Å². The van der Waals surface area contributed by atoms with Crippen LogP contribution in [0.4, 0.5) is 4.39 Å². The predicted molar refractivity (Wildman–Crippen MR) is 340 cm³/mol. The maximum atomic E-state index is 14.6. The summed E-state index contributed by atoms with van der Waals surface area (Å²) in [6.07, 6.45) is 20.6. The van der Waals surface area contributed by atoms with Gasteiger partial charge in [0.05, 0.1) is 59.3 Å². The van der Waals surface area contributed by atoms with Gasteiger partial charge in [0.15, 0.2) is 11.5 Å². The summed E-state index contributed by atoms with van der Waals surface area (Å²) in [7, 11) is 0. The smallest absolute Gasteiger partial charge is 0.330 e.